The van der Waals surface area contributed by atoms with Crippen LogP contribution in [0.4, 0.5) is 5.69 Å². The quantitative estimate of drug-likeness (QED) is 0.795. The Hall–Kier alpha value is -1.56. The Morgan fingerprint density at radius 3 is 2.53 bits per heavy atom. The van der Waals surface area contributed by atoms with Crippen LogP contribution in [0.25, 0.3) is 0 Å². The summed E-state index contributed by atoms with van der Waals surface area (Å²) >= 11 is 0. The summed E-state index contributed by atoms with van der Waals surface area (Å²) < 4.78 is 24.2. The number of carbonyl (C=O) groups is 1. The summed E-state index contributed by atoms with van der Waals surface area (Å²) in [5, 5.41) is 8.61. The highest BCUT2D eigenvalue weighted by Crippen LogP contribution is 2.16. The average molecular weight is 229 g/mol. The summed E-state index contributed by atoms with van der Waals surface area (Å²) in [5.41, 5.74) is 0.748. The Labute approximate surface area is 87.8 Å². The normalized spacial score (nSPS) is 11.0. The highest BCUT2D eigenvalue weighted by Gasteiger charge is 2.09. The Morgan fingerprint density at radius 1 is 1.40 bits per heavy atom. The van der Waals surface area contributed by atoms with Gasteiger partial charge in [-0.15, -0.1) is 0 Å². The molecule has 0 aliphatic rings. The van der Waals surface area contributed by atoms with Crippen molar-refractivity contribution in [3.63, 3.8) is 0 Å². The Kier molecular flexibility index (Phi) is 3.31. The number of carboxylic acid groups (broad SMARTS) is 1. The van der Waals surface area contributed by atoms with Gasteiger partial charge in [-0.2, -0.15) is 0 Å². The molecule has 0 atom stereocenters. The van der Waals surface area contributed by atoms with Gasteiger partial charge in [0, 0.05) is 0 Å². The van der Waals surface area contributed by atoms with Gasteiger partial charge in [0.15, 0.2) is 0 Å². The SMILES string of the molecule is CS(=O)(=O)Nc1ccccc1CC(=O)O. The van der Waals surface area contributed by atoms with Gasteiger partial charge < -0.3 is 5.11 Å². The van der Waals surface area contributed by atoms with Crippen molar-refractivity contribution < 1.29 is 18.3 Å². The van der Waals surface area contributed by atoms with Gasteiger partial charge >= 0.3 is 5.97 Å². The third kappa shape index (κ3) is 3.99. The van der Waals surface area contributed by atoms with Gasteiger partial charge in [-0.25, -0.2) is 8.42 Å². The van der Waals surface area contributed by atoms with Crippen molar-refractivity contribution in [3.8, 4) is 0 Å². The number of nitrogens with one attached hydrogen (secondary N) is 1. The lowest BCUT2D eigenvalue weighted by Crippen LogP contribution is -2.12. The van der Waals surface area contributed by atoms with Crippen LogP contribution in [0.15, 0.2) is 24.3 Å². The van der Waals surface area contributed by atoms with Crippen LogP contribution in [0.5, 0.6) is 0 Å². The summed E-state index contributed by atoms with van der Waals surface area (Å²) in [6.45, 7) is 0. The molecule has 1 aromatic rings. The number of anilines is 1. The molecule has 0 aromatic heterocycles. The van der Waals surface area contributed by atoms with Crippen molar-refractivity contribution in [2.75, 3.05) is 11.0 Å². The van der Waals surface area contributed by atoms with Crippen molar-refractivity contribution in [2.24, 2.45) is 0 Å². The van der Waals surface area contributed by atoms with Crippen LogP contribution >= 0.6 is 0 Å². The fourth-order valence-electron chi connectivity index (χ4n) is 1.14. The largest absolute Gasteiger partial charge is 0.481 e. The lowest BCUT2D eigenvalue weighted by atomic mass is 10.1. The molecule has 0 fully saturated rings. The first kappa shape index (κ1) is 11.5. The molecule has 0 amide bonds. The molecule has 0 saturated carbocycles. The van der Waals surface area contributed by atoms with E-state index in [4.69, 9.17) is 5.11 Å². The van der Waals surface area contributed by atoms with Gasteiger partial charge in [0.25, 0.3) is 0 Å². The summed E-state index contributed by atoms with van der Waals surface area (Å²) in [6, 6.07) is 6.39. The van der Waals surface area contributed by atoms with E-state index >= 15 is 0 Å². The second-order valence-corrected chi connectivity index (χ2v) is 4.85. The minimum atomic E-state index is -3.38. The number of para-hydroxylation sites is 1. The van der Waals surface area contributed by atoms with Crippen molar-refractivity contribution in [1.29, 1.82) is 0 Å². The van der Waals surface area contributed by atoms with Crippen LogP contribution in [0.3, 0.4) is 0 Å². The van der Waals surface area contributed by atoms with Crippen molar-refractivity contribution in [2.45, 2.75) is 6.42 Å². The number of hydrogen-bond acceptors (Lipinski definition) is 3. The smallest absolute Gasteiger partial charge is 0.307 e. The van der Waals surface area contributed by atoms with Crippen LogP contribution in [0.1, 0.15) is 5.56 Å². The maximum Gasteiger partial charge on any atom is 0.307 e. The molecular formula is C9H11NO4S. The highest BCUT2D eigenvalue weighted by molar-refractivity contribution is 7.92. The lowest BCUT2D eigenvalue weighted by Gasteiger charge is -2.08. The molecule has 1 rings (SSSR count). The highest BCUT2D eigenvalue weighted by atomic mass is 32.2. The summed E-state index contributed by atoms with van der Waals surface area (Å²) in [4.78, 5) is 10.5. The van der Waals surface area contributed by atoms with E-state index in [0.29, 0.717) is 11.3 Å². The van der Waals surface area contributed by atoms with Gasteiger partial charge in [0.2, 0.25) is 10.0 Å². The van der Waals surface area contributed by atoms with Gasteiger partial charge in [-0.3, -0.25) is 9.52 Å². The molecular weight excluding hydrogens is 218 g/mol. The molecule has 1 aromatic carbocycles. The van der Waals surface area contributed by atoms with Crippen LogP contribution in [-0.4, -0.2) is 25.7 Å². The predicted octanol–water partition coefficient (Wildman–Crippen LogP) is 0.685. The lowest BCUT2D eigenvalue weighted by molar-refractivity contribution is -0.136. The molecule has 0 aliphatic heterocycles. The zero-order valence-corrected chi connectivity index (χ0v) is 8.91. The van der Waals surface area contributed by atoms with E-state index in [1.165, 1.54) is 6.07 Å². The molecule has 0 unspecified atom stereocenters. The first-order valence-electron chi connectivity index (χ1n) is 4.16. The van der Waals surface area contributed by atoms with E-state index in [0.717, 1.165) is 6.26 Å². The van der Waals surface area contributed by atoms with Crippen molar-refractivity contribution in [3.05, 3.63) is 29.8 Å². The predicted molar refractivity (Wildman–Crippen MR) is 56.2 cm³/mol. The topological polar surface area (TPSA) is 83.5 Å². The molecule has 0 heterocycles. The second kappa shape index (κ2) is 4.31. The maximum atomic E-state index is 11.0. The van der Waals surface area contributed by atoms with Gasteiger partial charge in [-0.05, 0) is 11.6 Å². The van der Waals surface area contributed by atoms with E-state index in [1.54, 1.807) is 18.2 Å². The molecule has 6 heteroatoms. The fourth-order valence-corrected chi connectivity index (χ4v) is 1.74. The zero-order valence-electron chi connectivity index (χ0n) is 8.10. The van der Waals surface area contributed by atoms with Crippen molar-refractivity contribution in [1.82, 2.24) is 0 Å². The number of benzene rings is 1. The van der Waals surface area contributed by atoms with Gasteiger partial charge in [0.05, 0.1) is 18.4 Å². The summed E-state index contributed by atoms with van der Waals surface area (Å²) in [5.74, 6) is -1.00. The number of carboxylic acids is 1. The van der Waals surface area contributed by atoms with Crippen LogP contribution < -0.4 is 4.72 Å². The third-order valence-electron chi connectivity index (χ3n) is 1.65. The Bertz CT molecular complexity index is 467. The molecule has 0 radical (unpaired) electrons. The van der Waals surface area contributed by atoms with Gasteiger partial charge in [0.1, 0.15) is 0 Å². The molecule has 0 bridgehead atoms. The minimum Gasteiger partial charge on any atom is -0.481 e. The Morgan fingerprint density at radius 2 is 2.00 bits per heavy atom. The molecule has 2 N–H and O–H groups in total. The Balaban J connectivity index is 3.01. The average Bonchev–Trinajstić information content (AvgIpc) is 2.05. The fraction of sp³-hybridized carbons (Fsp3) is 0.222. The summed E-state index contributed by atoms with van der Waals surface area (Å²) in [7, 11) is -3.38. The number of hydrogen-bond donors (Lipinski definition) is 2. The molecule has 0 spiro atoms. The van der Waals surface area contributed by atoms with E-state index < -0.39 is 16.0 Å². The van der Waals surface area contributed by atoms with E-state index in [9.17, 15) is 13.2 Å². The van der Waals surface area contributed by atoms with E-state index in [-0.39, 0.29) is 6.42 Å². The molecule has 0 aliphatic carbocycles. The molecule has 0 saturated heterocycles. The van der Waals surface area contributed by atoms with Crippen LogP contribution in [-0.2, 0) is 21.2 Å². The first-order chi connectivity index (χ1) is 6.88. The number of aliphatic carboxylic acids is 1. The number of sulfonamides is 1. The minimum absolute atomic E-state index is 0.210. The molecule has 82 valence electrons. The monoisotopic (exact) mass is 229 g/mol. The van der Waals surface area contributed by atoms with E-state index in [2.05, 4.69) is 4.72 Å². The first-order valence-corrected chi connectivity index (χ1v) is 6.05. The second-order valence-electron chi connectivity index (χ2n) is 3.10. The van der Waals surface area contributed by atoms with E-state index in [1.807, 2.05) is 0 Å². The van der Waals surface area contributed by atoms with Crippen LogP contribution in [0.2, 0.25) is 0 Å². The third-order valence-corrected chi connectivity index (χ3v) is 2.25. The standard InChI is InChI=1S/C9H11NO4S/c1-15(13,14)10-8-5-3-2-4-7(8)6-9(11)12/h2-5,10H,6H2,1H3,(H,11,12). The number of rotatable bonds is 4. The summed E-state index contributed by atoms with van der Waals surface area (Å²) in [6.07, 6.45) is 0.809. The molecule has 5 nitrogen and oxygen atoms in total. The zero-order chi connectivity index (χ0) is 11.5. The van der Waals surface area contributed by atoms with Gasteiger partial charge in [-0.1, -0.05) is 18.2 Å². The van der Waals surface area contributed by atoms with Crippen LogP contribution in [0, 0.1) is 0 Å². The maximum absolute atomic E-state index is 11.0. The molecule has 15 heavy (non-hydrogen) atoms. The van der Waals surface area contributed by atoms with Crippen molar-refractivity contribution >= 4 is 21.7 Å².